The molecule has 11 heteroatoms. The van der Waals surface area contributed by atoms with Crippen LogP contribution in [-0.4, -0.2) is 20.8 Å². The minimum atomic E-state index is -5.85. The highest BCUT2D eigenvalue weighted by Crippen LogP contribution is 2.38. The first-order chi connectivity index (χ1) is 10.6. The van der Waals surface area contributed by atoms with Gasteiger partial charge in [0.05, 0.1) is 0 Å². The molecular formula is C12H6BrF5O4S. The van der Waals surface area contributed by atoms with Gasteiger partial charge in [-0.3, -0.25) is 0 Å². The maximum absolute atomic E-state index is 13.6. The molecule has 0 aromatic heterocycles. The van der Waals surface area contributed by atoms with Crippen molar-refractivity contribution in [2.75, 3.05) is 6.86 Å². The standard InChI is InChI=1S/C12H6BrF5O4S/c13-8-4-7(22-23(19,20)12(16,17)18)3-6-1-2-9(15)11(10(6)8)21-5-14/h1-4H,5H2. The lowest BCUT2D eigenvalue weighted by Crippen LogP contribution is -2.28. The van der Waals surface area contributed by atoms with E-state index in [9.17, 15) is 30.4 Å². The number of hydrogen-bond donors (Lipinski definition) is 0. The molecule has 2 rings (SSSR count). The largest absolute Gasteiger partial charge is 0.534 e. The summed E-state index contributed by atoms with van der Waals surface area (Å²) in [6.45, 7) is -1.33. The predicted molar refractivity (Wildman–Crippen MR) is 73.8 cm³/mol. The van der Waals surface area contributed by atoms with Gasteiger partial charge in [0.1, 0.15) is 5.75 Å². The van der Waals surface area contributed by atoms with Crippen LogP contribution in [0.5, 0.6) is 11.5 Å². The number of ether oxygens (including phenoxy) is 1. The van der Waals surface area contributed by atoms with Crippen molar-refractivity contribution in [1.82, 2.24) is 0 Å². The van der Waals surface area contributed by atoms with Crippen LogP contribution in [0.2, 0.25) is 0 Å². The van der Waals surface area contributed by atoms with E-state index in [1.165, 1.54) is 0 Å². The van der Waals surface area contributed by atoms with Gasteiger partial charge in [-0.2, -0.15) is 21.6 Å². The third-order valence-corrected chi connectivity index (χ3v) is 4.24. The zero-order chi connectivity index (χ0) is 17.4. The lowest BCUT2D eigenvalue weighted by atomic mass is 10.1. The number of rotatable bonds is 4. The molecule has 0 saturated carbocycles. The Balaban J connectivity index is 2.58. The van der Waals surface area contributed by atoms with Crippen LogP contribution >= 0.6 is 15.9 Å². The second-order valence-electron chi connectivity index (χ2n) is 4.12. The summed E-state index contributed by atoms with van der Waals surface area (Å²) in [5, 5.41) is 0.0935. The van der Waals surface area contributed by atoms with Gasteiger partial charge >= 0.3 is 15.6 Å². The summed E-state index contributed by atoms with van der Waals surface area (Å²) in [5.41, 5.74) is -5.60. The summed E-state index contributed by atoms with van der Waals surface area (Å²) in [6.07, 6.45) is 0. The second-order valence-corrected chi connectivity index (χ2v) is 6.51. The quantitative estimate of drug-likeness (QED) is 0.421. The fraction of sp³-hybridized carbons (Fsp3) is 0.167. The normalized spacial score (nSPS) is 12.4. The van der Waals surface area contributed by atoms with E-state index in [1.807, 2.05) is 0 Å². The molecule has 0 aliphatic carbocycles. The van der Waals surface area contributed by atoms with Crippen molar-refractivity contribution in [3.63, 3.8) is 0 Å². The van der Waals surface area contributed by atoms with Crippen molar-refractivity contribution in [1.29, 1.82) is 0 Å². The Kier molecular flexibility index (Phi) is 4.71. The summed E-state index contributed by atoms with van der Waals surface area (Å²) < 4.78 is 93.4. The third-order valence-electron chi connectivity index (χ3n) is 2.64. The van der Waals surface area contributed by atoms with E-state index in [4.69, 9.17) is 0 Å². The third kappa shape index (κ3) is 3.50. The number of halogens is 6. The monoisotopic (exact) mass is 420 g/mol. The highest BCUT2D eigenvalue weighted by Gasteiger charge is 2.48. The van der Waals surface area contributed by atoms with Crippen LogP contribution in [0.4, 0.5) is 22.0 Å². The molecule has 4 nitrogen and oxygen atoms in total. The van der Waals surface area contributed by atoms with E-state index >= 15 is 0 Å². The van der Waals surface area contributed by atoms with Gasteiger partial charge in [0.15, 0.2) is 11.6 Å². The first-order valence-electron chi connectivity index (χ1n) is 5.68. The maximum atomic E-state index is 13.6. The topological polar surface area (TPSA) is 52.6 Å². The lowest BCUT2D eigenvalue weighted by Gasteiger charge is -2.13. The van der Waals surface area contributed by atoms with Crippen LogP contribution in [0.15, 0.2) is 28.7 Å². The first kappa shape index (κ1) is 17.7. The van der Waals surface area contributed by atoms with Crippen LogP contribution in [0, 0.1) is 5.82 Å². The minimum absolute atomic E-state index is 0.0133. The molecule has 0 spiro atoms. The zero-order valence-electron chi connectivity index (χ0n) is 10.8. The van der Waals surface area contributed by atoms with Crippen molar-refractivity contribution in [2.24, 2.45) is 0 Å². The Morgan fingerprint density at radius 3 is 2.39 bits per heavy atom. The summed E-state index contributed by atoms with van der Waals surface area (Å²) in [6, 6.07) is 3.83. The minimum Gasteiger partial charge on any atom is -0.459 e. The van der Waals surface area contributed by atoms with Gasteiger partial charge in [-0.05, 0) is 39.5 Å². The fourth-order valence-corrected chi connectivity index (χ4v) is 2.83. The van der Waals surface area contributed by atoms with Gasteiger partial charge in [-0.25, -0.2) is 8.78 Å². The number of fused-ring (bicyclic) bond motifs is 1. The summed E-state index contributed by atoms with van der Waals surface area (Å²) in [7, 11) is -5.85. The average Bonchev–Trinajstić information content (AvgIpc) is 2.40. The molecule has 0 radical (unpaired) electrons. The fourth-order valence-electron chi connectivity index (χ4n) is 1.75. The lowest BCUT2D eigenvalue weighted by molar-refractivity contribution is -0.0500. The number of benzene rings is 2. The van der Waals surface area contributed by atoms with Gasteiger partial charge in [-0.1, -0.05) is 6.07 Å². The molecule has 2 aromatic carbocycles. The molecule has 0 atom stereocenters. The second kappa shape index (κ2) is 6.11. The SMILES string of the molecule is O=S(=O)(Oc1cc(Br)c2c(OCF)c(F)ccc2c1)C(F)(F)F. The molecule has 0 saturated heterocycles. The van der Waals surface area contributed by atoms with E-state index in [-0.39, 0.29) is 15.2 Å². The Morgan fingerprint density at radius 2 is 1.83 bits per heavy atom. The van der Waals surface area contributed by atoms with Gasteiger partial charge in [-0.15, -0.1) is 0 Å². The van der Waals surface area contributed by atoms with Gasteiger partial charge < -0.3 is 8.92 Å². The van der Waals surface area contributed by atoms with Crippen molar-refractivity contribution in [3.8, 4) is 11.5 Å². The summed E-state index contributed by atoms with van der Waals surface area (Å²) >= 11 is 2.94. The maximum Gasteiger partial charge on any atom is 0.534 e. The van der Waals surface area contributed by atoms with Crippen LogP contribution in [0.3, 0.4) is 0 Å². The molecule has 0 amide bonds. The molecular weight excluding hydrogens is 415 g/mol. The molecule has 126 valence electrons. The summed E-state index contributed by atoms with van der Waals surface area (Å²) in [5.74, 6) is -2.02. The van der Waals surface area contributed by atoms with E-state index in [0.717, 1.165) is 24.3 Å². The van der Waals surface area contributed by atoms with Crippen LogP contribution in [0.1, 0.15) is 0 Å². The Morgan fingerprint density at radius 1 is 1.17 bits per heavy atom. The molecule has 0 aliphatic rings. The van der Waals surface area contributed by atoms with Gasteiger partial charge in [0.2, 0.25) is 6.86 Å². The van der Waals surface area contributed by atoms with Gasteiger partial charge in [0.25, 0.3) is 0 Å². The van der Waals surface area contributed by atoms with E-state index in [0.29, 0.717) is 0 Å². The van der Waals surface area contributed by atoms with Crippen LogP contribution < -0.4 is 8.92 Å². The van der Waals surface area contributed by atoms with Crippen LogP contribution in [0.25, 0.3) is 10.8 Å². The van der Waals surface area contributed by atoms with E-state index in [1.54, 1.807) is 0 Å². The number of alkyl halides is 4. The molecule has 0 unspecified atom stereocenters. The summed E-state index contributed by atoms with van der Waals surface area (Å²) in [4.78, 5) is 0. The highest BCUT2D eigenvalue weighted by molar-refractivity contribution is 9.10. The Bertz CT molecular complexity index is 851. The average molecular weight is 421 g/mol. The molecule has 0 N–H and O–H groups in total. The van der Waals surface area contributed by atoms with Crippen LogP contribution in [-0.2, 0) is 10.1 Å². The van der Waals surface area contributed by atoms with E-state index in [2.05, 4.69) is 24.8 Å². The van der Waals surface area contributed by atoms with Gasteiger partial charge in [0, 0.05) is 9.86 Å². The van der Waals surface area contributed by atoms with Crippen molar-refractivity contribution in [2.45, 2.75) is 5.51 Å². The molecule has 0 fully saturated rings. The molecule has 0 bridgehead atoms. The highest BCUT2D eigenvalue weighted by atomic mass is 79.9. The number of hydrogen-bond acceptors (Lipinski definition) is 4. The smallest absolute Gasteiger partial charge is 0.459 e. The van der Waals surface area contributed by atoms with Crippen molar-refractivity contribution >= 4 is 36.8 Å². The van der Waals surface area contributed by atoms with E-state index < -0.39 is 39.8 Å². The Labute approximate surface area is 135 Å². The Hall–Kier alpha value is -1.62. The molecule has 0 heterocycles. The molecule has 2 aromatic rings. The zero-order valence-corrected chi connectivity index (χ0v) is 13.2. The predicted octanol–water partition coefficient (Wildman–Crippen LogP) is 4.28. The molecule has 0 aliphatic heterocycles. The molecule has 23 heavy (non-hydrogen) atoms. The first-order valence-corrected chi connectivity index (χ1v) is 7.88. The van der Waals surface area contributed by atoms with Crippen molar-refractivity contribution < 1.29 is 39.3 Å². The van der Waals surface area contributed by atoms with Crippen molar-refractivity contribution in [3.05, 3.63) is 34.6 Å².